The number of hydrogen-bond acceptors (Lipinski definition) is 4. The lowest BCUT2D eigenvalue weighted by atomic mass is 10.1. The SMILES string of the molecule is CC(=O)O.CC1NC(=O)C(CC(=O)O)NC1=O. The second kappa shape index (κ2) is 6.46. The maximum absolute atomic E-state index is 11.1. The lowest BCUT2D eigenvalue weighted by molar-refractivity contribution is -0.143. The number of amides is 2. The number of aliphatic carboxylic acids is 2. The van der Waals surface area contributed by atoms with Crippen molar-refractivity contribution < 1.29 is 29.4 Å². The van der Waals surface area contributed by atoms with Crippen molar-refractivity contribution in [3.8, 4) is 0 Å². The summed E-state index contributed by atoms with van der Waals surface area (Å²) in [7, 11) is 0. The Bertz CT molecular complexity index is 336. The van der Waals surface area contributed by atoms with Crippen LogP contribution in [0.3, 0.4) is 0 Å². The van der Waals surface area contributed by atoms with Gasteiger partial charge in [-0.25, -0.2) is 0 Å². The van der Waals surface area contributed by atoms with Crippen LogP contribution >= 0.6 is 0 Å². The van der Waals surface area contributed by atoms with Gasteiger partial charge in [0.15, 0.2) is 0 Å². The molecule has 2 atom stereocenters. The molecule has 17 heavy (non-hydrogen) atoms. The number of nitrogens with one attached hydrogen (secondary N) is 2. The fourth-order valence-corrected chi connectivity index (χ4v) is 1.06. The number of carbonyl (C=O) groups excluding carboxylic acids is 2. The zero-order chi connectivity index (χ0) is 13.6. The van der Waals surface area contributed by atoms with Crippen LogP contribution in [-0.2, 0) is 19.2 Å². The summed E-state index contributed by atoms with van der Waals surface area (Å²) in [6.07, 6.45) is -0.385. The van der Waals surface area contributed by atoms with E-state index in [9.17, 15) is 14.4 Å². The van der Waals surface area contributed by atoms with Gasteiger partial charge in [0.25, 0.3) is 5.97 Å². The van der Waals surface area contributed by atoms with Crippen LogP contribution in [-0.4, -0.2) is 46.0 Å². The third-order valence-corrected chi connectivity index (χ3v) is 1.76. The summed E-state index contributed by atoms with van der Waals surface area (Å²) in [6.45, 7) is 2.62. The highest BCUT2D eigenvalue weighted by Gasteiger charge is 2.32. The van der Waals surface area contributed by atoms with Crippen molar-refractivity contribution in [3.63, 3.8) is 0 Å². The van der Waals surface area contributed by atoms with E-state index in [-0.39, 0.29) is 12.3 Å². The molecular formula is C9H14N2O6. The van der Waals surface area contributed by atoms with Gasteiger partial charge in [0.2, 0.25) is 11.8 Å². The molecule has 0 aromatic rings. The van der Waals surface area contributed by atoms with Gasteiger partial charge in [-0.05, 0) is 6.92 Å². The van der Waals surface area contributed by atoms with E-state index < -0.39 is 29.9 Å². The molecule has 8 nitrogen and oxygen atoms in total. The first-order valence-electron chi connectivity index (χ1n) is 4.76. The lowest BCUT2D eigenvalue weighted by Gasteiger charge is -2.26. The third kappa shape index (κ3) is 6.13. The zero-order valence-electron chi connectivity index (χ0n) is 9.39. The number of rotatable bonds is 2. The van der Waals surface area contributed by atoms with E-state index in [0.29, 0.717) is 0 Å². The minimum atomic E-state index is -1.12. The van der Waals surface area contributed by atoms with Gasteiger partial charge in [-0.3, -0.25) is 19.2 Å². The molecule has 0 aliphatic carbocycles. The smallest absolute Gasteiger partial charge is 0.305 e. The molecule has 96 valence electrons. The summed E-state index contributed by atoms with van der Waals surface area (Å²) in [6, 6.07) is -1.53. The fourth-order valence-electron chi connectivity index (χ4n) is 1.06. The maximum atomic E-state index is 11.1. The minimum absolute atomic E-state index is 0.356. The average molecular weight is 246 g/mol. The maximum Gasteiger partial charge on any atom is 0.305 e. The summed E-state index contributed by atoms with van der Waals surface area (Å²) >= 11 is 0. The Hall–Kier alpha value is -2.12. The first-order valence-corrected chi connectivity index (χ1v) is 4.76. The molecule has 1 fully saturated rings. The van der Waals surface area contributed by atoms with Crippen LogP contribution in [0.15, 0.2) is 0 Å². The van der Waals surface area contributed by atoms with Crippen molar-refractivity contribution in [2.24, 2.45) is 0 Å². The van der Waals surface area contributed by atoms with Gasteiger partial charge < -0.3 is 20.8 Å². The van der Waals surface area contributed by atoms with E-state index in [1.807, 2.05) is 0 Å². The molecule has 4 N–H and O–H groups in total. The Morgan fingerprint density at radius 3 is 2.06 bits per heavy atom. The van der Waals surface area contributed by atoms with Gasteiger partial charge in [-0.1, -0.05) is 0 Å². The van der Waals surface area contributed by atoms with E-state index in [0.717, 1.165) is 6.92 Å². The highest BCUT2D eigenvalue weighted by molar-refractivity contribution is 5.98. The Morgan fingerprint density at radius 1 is 1.18 bits per heavy atom. The molecule has 1 aliphatic heterocycles. The molecule has 0 bridgehead atoms. The van der Waals surface area contributed by atoms with Crippen molar-refractivity contribution in [1.82, 2.24) is 10.6 Å². The number of hydrogen-bond donors (Lipinski definition) is 4. The van der Waals surface area contributed by atoms with Gasteiger partial charge in [-0.2, -0.15) is 0 Å². The summed E-state index contributed by atoms with van der Waals surface area (Å²) in [4.78, 5) is 41.4. The van der Waals surface area contributed by atoms with E-state index in [1.165, 1.54) is 6.92 Å². The first kappa shape index (κ1) is 14.9. The normalized spacial score (nSPS) is 22.7. The second-order valence-corrected chi connectivity index (χ2v) is 3.41. The Balaban J connectivity index is 0.000000557. The van der Waals surface area contributed by atoms with Crippen molar-refractivity contribution in [3.05, 3.63) is 0 Å². The standard InChI is InChI=1S/C7H10N2O4.C2H4O2/c1-3-6(12)9-4(2-5(10)11)7(13)8-3;1-2(3)4/h3-4H,2H2,1H3,(H,8,13)(H,9,12)(H,10,11);1H3,(H,3,4). The molecule has 1 rings (SSSR count). The fraction of sp³-hybridized carbons (Fsp3) is 0.556. The van der Waals surface area contributed by atoms with Crippen molar-refractivity contribution in [1.29, 1.82) is 0 Å². The number of carbonyl (C=O) groups is 4. The molecule has 2 amide bonds. The van der Waals surface area contributed by atoms with Gasteiger partial charge >= 0.3 is 5.97 Å². The predicted octanol–water partition coefficient (Wildman–Crippen LogP) is -1.44. The summed E-state index contributed by atoms with van der Waals surface area (Å²) in [5, 5.41) is 20.5. The number of carboxylic acid groups (broad SMARTS) is 2. The molecule has 0 aromatic carbocycles. The van der Waals surface area contributed by atoms with Crippen LogP contribution in [0.25, 0.3) is 0 Å². The highest BCUT2D eigenvalue weighted by Crippen LogP contribution is 2.00. The quantitative estimate of drug-likeness (QED) is 0.471. The second-order valence-electron chi connectivity index (χ2n) is 3.41. The minimum Gasteiger partial charge on any atom is -0.481 e. The highest BCUT2D eigenvalue weighted by atomic mass is 16.4. The molecule has 0 spiro atoms. The number of carboxylic acids is 2. The van der Waals surface area contributed by atoms with Gasteiger partial charge in [0.1, 0.15) is 12.1 Å². The van der Waals surface area contributed by atoms with E-state index in [1.54, 1.807) is 0 Å². The van der Waals surface area contributed by atoms with Crippen molar-refractivity contribution in [2.45, 2.75) is 32.4 Å². The Morgan fingerprint density at radius 2 is 1.65 bits per heavy atom. The monoisotopic (exact) mass is 246 g/mol. The lowest BCUT2D eigenvalue weighted by Crippen LogP contribution is -2.61. The van der Waals surface area contributed by atoms with E-state index >= 15 is 0 Å². The Kier molecular flexibility index (Phi) is 5.65. The molecular weight excluding hydrogens is 232 g/mol. The van der Waals surface area contributed by atoms with Crippen LogP contribution in [0.1, 0.15) is 20.3 Å². The predicted molar refractivity (Wildman–Crippen MR) is 55.1 cm³/mol. The molecule has 1 aliphatic rings. The molecule has 8 heteroatoms. The topological polar surface area (TPSA) is 133 Å². The van der Waals surface area contributed by atoms with E-state index in [4.69, 9.17) is 15.0 Å². The third-order valence-electron chi connectivity index (χ3n) is 1.76. The molecule has 1 saturated heterocycles. The average Bonchev–Trinajstić information content (AvgIpc) is 2.12. The van der Waals surface area contributed by atoms with Crippen molar-refractivity contribution >= 4 is 23.8 Å². The van der Waals surface area contributed by atoms with Crippen LogP contribution in [0.5, 0.6) is 0 Å². The van der Waals surface area contributed by atoms with Gasteiger partial charge in [0.05, 0.1) is 6.42 Å². The largest absolute Gasteiger partial charge is 0.481 e. The van der Waals surface area contributed by atoms with Crippen LogP contribution in [0, 0.1) is 0 Å². The molecule has 0 saturated carbocycles. The molecule has 1 heterocycles. The molecule has 0 aromatic heterocycles. The summed E-state index contributed by atoms with van der Waals surface area (Å²) < 4.78 is 0. The van der Waals surface area contributed by atoms with Crippen LogP contribution in [0.4, 0.5) is 0 Å². The summed E-state index contributed by atoms with van der Waals surface area (Å²) in [5.41, 5.74) is 0. The van der Waals surface area contributed by atoms with Crippen LogP contribution in [0.2, 0.25) is 0 Å². The van der Waals surface area contributed by atoms with Gasteiger partial charge in [0, 0.05) is 6.92 Å². The Labute approximate surface area is 97.0 Å². The van der Waals surface area contributed by atoms with Gasteiger partial charge in [-0.15, -0.1) is 0 Å². The number of piperazine rings is 1. The van der Waals surface area contributed by atoms with Crippen LogP contribution < -0.4 is 10.6 Å². The zero-order valence-corrected chi connectivity index (χ0v) is 9.39. The molecule has 0 radical (unpaired) electrons. The van der Waals surface area contributed by atoms with E-state index in [2.05, 4.69) is 10.6 Å². The molecule has 2 unspecified atom stereocenters. The summed E-state index contributed by atoms with van der Waals surface area (Å²) in [5.74, 6) is -2.75. The van der Waals surface area contributed by atoms with Crippen molar-refractivity contribution in [2.75, 3.05) is 0 Å². The first-order chi connectivity index (χ1) is 7.73.